The fraction of sp³-hybridized carbons (Fsp3) is 0.267. The molecule has 0 aliphatic heterocycles. The van der Waals surface area contributed by atoms with E-state index < -0.39 is 17.9 Å². The van der Waals surface area contributed by atoms with Crippen LogP contribution >= 0.6 is 0 Å². The Hall–Kier alpha value is -4.86. The molecular weight excluding hydrogens is 510 g/mol. The van der Waals surface area contributed by atoms with E-state index in [9.17, 15) is 19.2 Å². The predicted octanol–water partition coefficient (Wildman–Crippen LogP) is 3.08. The Morgan fingerprint density at radius 2 is 1.73 bits per heavy atom. The van der Waals surface area contributed by atoms with E-state index in [-0.39, 0.29) is 37.1 Å². The van der Waals surface area contributed by atoms with Crippen molar-refractivity contribution in [3.8, 4) is 11.3 Å². The summed E-state index contributed by atoms with van der Waals surface area (Å²) in [5.41, 5.74) is 3.91. The Bertz CT molecular complexity index is 1500. The number of Topliss-reactive ketones (excluding diaryl/α,β-unsaturated/α-hetero) is 1. The van der Waals surface area contributed by atoms with Crippen LogP contribution in [0, 0.1) is 5.92 Å². The summed E-state index contributed by atoms with van der Waals surface area (Å²) in [6.45, 7) is 3.36. The van der Waals surface area contributed by atoms with Gasteiger partial charge in [-0.2, -0.15) is 0 Å². The first-order valence-electron chi connectivity index (χ1n) is 13.0. The minimum absolute atomic E-state index is 0.100. The zero-order valence-electron chi connectivity index (χ0n) is 22.3. The monoisotopic (exact) mass is 541 g/mol. The molecule has 0 radical (unpaired) electrons. The molecule has 2 aromatic carbocycles. The van der Waals surface area contributed by atoms with Crippen molar-refractivity contribution in [2.24, 2.45) is 5.92 Å². The van der Waals surface area contributed by atoms with Gasteiger partial charge < -0.3 is 20.4 Å². The van der Waals surface area contributed by atoms with Crippen LogP contribution in [0.4, 0.5) is 0 Å². The maximum Gasteiger partial charge on any atom is 0.252 e. The summed E-state index contributed by atoms with van der Waals surface area (Å²) in [5, 5.41) is 7.93. The van der Waals surface area contributed by atoms with Crippen LogP contribution in [0.15, 0.2) is 77.7 Å². The molecule has 2 aromatic heterocycles. The van der Waals surface area contributed by atoms with E-state index >= 15 is 0 Å². The van der Waals surface area contributed by atoms with Crippen molar-refractivity contribution < 1.29 is 23.6 Å². The van der Waals surface area contributed by atoms with Crippen LogP contribution in [0.3, 0.4) is 0 Å². The number of ketones is 1. The zero-order valence-corrected chi connectivity index (χ0v) is 22.3. The summed E-state index contributed by atoms with van der Waals surface area (Å²) in [5.74, 6) is -1.48. The highest BCUT2D eigenvalue weighted by Gasteiger charge is 2.23. The first-order valence-corrected chi connectivity index (χ1v) is 13.0. The second kappa shape index (κ2) is 13.3. The number of hydrogen-bond acceptors (Lipinski definition) is 7. The molecular formula is C30H31N5O5. The molecule has 1 atom stereocenters. The Balaban J connectivity index is 1.25. The van der Waals surface area contributed by atoms with Crippen molar-refractivity contribution >= 4 is 34.6 Å². The molecule has 10 heteroatoms. The highest BCUT2D eigenvalue weighted by molar-refractivity contribution is 6.00. The third kappa shape index (κ3) is 7.83. The molecule has 0 fully saturated rings. The Morgan fingerprint density at radius 3 is 2.50 bits per heavy atom. The molecule has 3 amide bonds. The third-order valence-electron chi connectivity index (χ3n) is 6.12. The van der Waals surface area contributed by atoms with Crippen LogP contribution < -0.4 is 16.0 Å². The van der Waals surface area contributed by atoms with Gasteiger partial charge in [0.2, 0.25) is 11.8 Å². The van der Waals surface area contributed by atoms with Gasteiger partial charge in [0, 0.05) is 17.3 Å². The van der Waals surface area contributed by atoms with Crippen LogP contribution in [0.5, 0.6) is 0 Å². The number of nitrogens with zero attached hydrogens (tertiary/aromatic N) is 2. The molecule has 3 N–H and O–H groups in total. The van der Waals surface area contributed by atoms with E-state index in [1.165, 1.54) is 6.39 Å². The van der Waals surface area contributed by atoms with Crippen LogP contribution in [0.2, 0.25) is 0 Å². The van der Waals surface area contributed by atoms with Gasteiger partial charge in [-0.05, 0) is 54.3 Å². The topological polar surface area (TPSA) is 143 Å². The molecule has 0 aliphatic rings. The van der Waals surface area contributed by atoms with E-state index in [4.69, 9.17) is 4.42 Å². The third-order valence-corrected chi connectivity index (χ3v) is 6.12. The van der Waals surface area contributed by atoms with Crippen molar-refractivity contribution in [2.75, 3.05) is 13.1 Å². The van der Waals surface area contributed by atoms with Gasteiger partial charge in [-0.15, -0.1) is 0 Å². The van der Waals surface area contributed by atoms with Crippen molar-refractivity contribution in [1.29, 1.82) is 0 Å². The van der Waals surface area contributed by atoms with Crippen LogP contribution in [-0.4, -0.2) is 52.6 Å². The lowest BCUT2D eigenvalue weighted by molar-refractivity contribution is -0.127. The lowest BCUT2D eigenvalue weighted by Crippen LogP contribution is -2.49. The number of aromatic nitrogens is 2. The van der Waals surface area contributed by atoms with Gasteiger partial charge in [-0.3, -0.25) is 24.2 Å². The second-order valence-electron chi connectivity index (χ2n) is 9.82. The highest BCUT2D eigenvalue weighted by Crippen LogP contribution is 2.18. The number of nitrogens with one attached hydrogen (secondary N) is 3. The number of carbonyl (C=O) groups excluding carboxylic acids is 4. The number of fused-ring (bicyclic) bond motifs is 1. The lowest BCUT2D eigenvalue weighted by Gasteiger charge is -2.20. The number of benzene rings is 2. The number of carbonyl (C=O) groups is 4. The van der Waals surface area contributed by atoms with Gasteiger partial charge in [0.1, 0.15) is 11.6 Å². The minimum atomic E-state index is -0.839. The van der Waals surface area contributed by atoms with Gasteiger partial charge in [0.15, 0.2) is 17.8 Å². The SMILES string of the molecule is CC(C)C[C@H](NC(=O)c1ccc2ocnc2c1)C(=O)NCC(=O)CNC(=O)Cc1cccc(-c2ccccn2)c1. The van der Waals surface area contributed by atoms with Crippen molar-refractivity contribution in [3.63, 3.8) is 0 Å². The molecule has 206 valence electrons. The average molecular weight is 542 g/mol. The van der Waals surface area contributed by atoms with Crippen molar-refractivity contribution in [2.45, 2.75) is 32.7 Å². The summed E-state index contributed by atoms with van der Waals surface area (Å²) >= 11 is 0. The zero-order chi connectivity index (χ0) is 28.5. The molecule has 4 rings (SSSR count). The van der Waals surface area contributed by atoms with E-state index in [0.717, 1.165) is 16.8 Å². The summed E-state index contributed by atoms with van der Waals surface area (Å²) in [6, 6.07) is 17.1. The van der Waals surface area contributed by atoms with Gasteiger partial charge in [-0.1, -0.05) is 38.1 Å². The van der Waals surface area contributed by atoms with Crippen molar-refractivity contribution in [3.05, 3.63) is 84.4 Å². The van der Waals surface area contributed by atoms with E-state index in [2.05, 4.69) is 25.9 Å². The normalized spacial score (nSPS) is 11.7. The molecule has 0 saturated carbocycles. The second-order valence-corrected chi connectivity index (χ2v) is 9.82. The summed E-state index contributed by atoms with van der Waals surface area (Å²) in [6.07, 6.45) is 3.48. The van der Waals surface area contributed by atoms with Gasteiger partial charge in [-0.25, -0.2) is 4.98 Å². The number of hydrogen-bond donors (Lipinski definition) is 3. The molecule has 0 saturated heterocycles. The number of pyridine rings is 1. The van der Waals surface area contributed by atoms with E-state index in [1.807, 2.05) is 56.3 Å². The fourth-order valence-corrected chi connectivity index (χ4v) is 4.13. The predicted molar refractivity (Wildman–Crippen MR) is 149 cm³/mol. The Labute approximate surface area is 231 Å². The van der Waals surface area contributed by atoms with Gasteiger partial charge >= 0.3 is 0 Å². The first-order chi connectivity index (χ1) is 19.3. The first kappa shape index (κ1) is 28.2. The smallest absolute Gasteiger partial charge is 0.252 e. The number of oxazole rings is 1. The maximum absolute atomic E-state index is 12.9. The molecule has 40 heavy (non-hydrogen) atoms. The summed E-state index contributed by atoms with van der Waals surface area (Å²) in [7, 11) is 0. The van der Waals surface area contributed by atoms with Gasteiger partial charge in [0.05, 0.1) is 25.2 Å². The van der Waals surface area contributed by atoms with Gasteiger partial charge in [0.25, 0.3) is 5.91 Å². The quantitative estimate of drug-likeness (QED) is 0.250. The molecule has 0 spiro atoms. The lowest BCUT2D eigenvalue weighted by atomic mass is 10.0. The van der Waals surface area contributed by atoms with E-state index in [0.29, 0.717) is 23.1 Å². The molecule has 4 aromatic rings. The Morgan fingerprint density at radius 1 is 0.900 bits per heavy atom. The van der Waals surface area contributed by atoms with Crippen molar-refractivity contribution in [1.82, 2.24) is 25.9 Å². The van der Waals surface area contributed by atoms with Crippen LogP contribution in [0.25, 0.3) is 22.4 Å². The number of rotatable bonds is 12. The Kier molecular flexibility index (Phi) is 9.35. The largest absolute Gasteiger partial charge is 0.443 e. The van der Waals surface area contributed by atoms with Crippen LogP contribution in [-0.2, 0) is 20.8 Å². The average Bonchev–Trinajstić information content (AvgIpc) is 3.43. The van der Waals surface area contributed by atoms with E-state index in [1.54, 1.807) is 24.4 Å². The van der Waals surface area contributed by atoms with Crippen LogP contribution in [0.1, 0.15) is 36.2 Å². The standard InChI is InChI=1S/C30H31N5O5/c1-19(2)12-26(35-29(38)22-9-10-27-25(15-22)34-18-40-27)30(39)33-17-23(36)16-32-28(37)14-20-6-5-7-21(13-20)24-8-3-4-11-31-24/h3-11,13,15,18-19,26H,12,14,16-17H2,1-2H3,(H,32,37)(H,33,39)(H,35,38)/t26-/m0/s1. The molecule has 10 nitrogen and oxygen atoms in total. The summed E-state index contributed by atoms with van der Waals surface area (Å²) < 4.78 is 5.20. The molecule has 0 aliphatic carbocycles. The molecule has 0 unspecified atom stereocenters. The molecule has 0 bridgehead atoms. The maximum atomic E-state index is 12.9. The number of amides is 3. The summed E-state index contributed by atoms with van der Waals surface area (Å²) in [4.78, 5) is 58.8. The molecule has 2 heterocycles. The fourth-order valence-electron chi connectivity index (χ4n) is 4.13. The highest BCUT2D eigenvalue weighted by atomic mass is 16.3. The minimum Gasteiger partial charge on any atom is -0.443 e.